The molecule has 2 atom stereocenters. The molecule has 0 amide bonds. The summed E-state index contributed by atoms with van der Waals surface area (Å²) in [6.07, 6.45) is 5.62. The van der Waals surface area contributed by atoms with E-state index in [1.54, 1.807) is 0 Å². The predicted octanol–water partition coefficient (Wildman–Crippen LogP) is 4.54. The second kappa shape index (κ2) is 9.12. The van der Waals surface area contributed by atoms with Crippen molar-refractivity contribution in [2.24, 2.45) is 7.05 Å². The number of piperidine rings is 1. The number of fused-ring (bicyclic) bond motifs is 3. The Kier molecular flexibility index (Phi) is 5.38. The maximum absolute atomic E-state index is 4.91. The van der Waals surface area contributed by atoms with Crippen molar-refractivity contribution >= 4 is 28.4 Å². The highest BCUT2D eigenvalue weighted by Gasteiger charge is 2.45. The van der Waals surface area contributed by atoms with Gasteiger partial charge in [-0.1, -0.05) is 12.1 Å². The van der Waals surface area contributed by atoms with Crippen LogP contribution in [0.25, 0.3) is 22.3 Å². The average molecular weight is 533 g/mol. The van der Waals surface area contributed by atoms with Gasteiger partial charge < -0.3 is 10.2 Å². The van der Waals surface area contributed by atoms with E-state index < -0.39 is 0 Å². The van der Waals surface area contributed by atoms with Crippen molar-refractivity contribution < 1.29 is 0 Å². The van der Waals surface area contributed by atoms with E-state index in [0.29, 0.717) is 23.8 Å². The number of nitrogens with one attached hydrogen (secondary N) is 2. The lowest BCUT2D eigenvalue weighted by molar-refractivity contribution is -0.0105. The Balaban J connectivity index is 1.01. The summed E-state index contributed by atoms with van der Waals surface area (Å²) in [7, 11) is 2.04. The Morgan fingerprint density at radius 3 is 2.62 bits per heavy atom. The van der Waals surface area contributed by atoms with Crippen LogP contribution in [0.3, 0.4) is 0 Å². The largest absolute Gasteiger partial charge is 0.353 e. The Bertz CT molecular complexity index is 1690. The van der Waals surface area contributed by atoms with Crippen LogP contribution in [-0.4, -0.2) is 65.0 Å². The number of benzene rings is 1. The van der Waals surface area contributed by atoms with E-state index >= 15 is 0 Å². The molecule has 10 heteroatoms. The number of H-pyrrole nitrogens is 1. The maximum Gasteiger partial charge on any atom is 0.163 e. The fourth-order valence-electron chi connectivity index (χ4n) is 6.26. The summed E-state index contributed by atoms with van der Waals surface area (Å²) in [4.78, 5) is 19.7. The van der Waals surface area contributed by atoms with Crippen LogP contribution in [0.2, 0.25) is 0 Å². The molecular weight excluding hydrogens is 500 g/mol. The van der Waals surface area contributed by atoms with Crippen LogP contribution in [0.1, 0.15) is 42.3 Å². The topological polar surface area (TPSA) is 104 Å². The quantitative estimate of drug-likeness (QED) is 0.315. The number of aromatic nitrogens is 7. The van der Waals surface area contributed by atoms with Crippen LogP contribution in [0.4, 0.5) is 17.5 Å². The molecule has 4 aliphatic rings. The molecule has 4 fully saturated rings. The smallest absolute Gasteiger partial charge is 0.163 e. The molecule has 9 rings (SSSR count). The van der Waals surface area contributed by atoms with Gasteiger partial charge in [-0.3, -0.25) is 14.7 Å². The molecule has 4 aromatic heterocycles. The summed E-state index contributed by atoms with van der Waals surface area (Å²) in [5.74, 6) is 3.80. The monoisotopic (exact) mass is 532 g/mol. The normalized spacial score (nSPS) is 20.6. The van der Waals surface area contributed by atoms with Crippen molar-refractivity contribution in [2.45, 2.75) is 50.7 Å². The minimum Gasteiger partial charge on any atom is -0.353 e. The zero-order valence-corrected chi connectivity index (χ0v) is 22.7. The third kappa shape index (κ3) is 4.19. The third-order valence-corrected chi connectivity index (χ3v) is 8.58. The number of para-hydroxylation sites is 1. The molecular formula is C30H32N10. The fourth-order valence-corrected chi connectivity index (χ4v) is 6.26. The van der Waals surface area contributed by atoms with E-state index in [1.807, 2.05) is 42.2 Å². The van der Waals surface area contributed by atoms with Gasteiger partial charge >= 0.3 is 0 Å². The number of piperazine rings is 1. The van der Waals surface area contributed by atoms with Crippen LogP contribution in [0, 0.1) is 6.92 Å². The average Bonchev–Trinajstić information content (AvgIpc) is 3.64. The first-order chi connectivity index (χ1) is 19.6. The van der Waals surface area contributed by atoms with Gasteiger partial charge in [-0.05, 0) is 56.5 Å². The van der Waals surface area contributed by atoms with Crippen molar-refractivity contribution in [3.63, 3.8) is 0 Å². The molecule has 10 nitrogen and oxygen atoms in total. The molecule has 2 unspecified atom stereocenters. The molecule has 5 aromatic rings. The van der Waals surface area contributed by atoms with Crippen molar-refractivity contribution in [1.82, 2.24) is 39.8 Å². The minimum atomic E-state index is 0.551. The predicted molar refractivity (Wildman–Crippen MR) is 155 cm³/mol. The highest BCUT2D eigenvalue weighted by Crippen LogP contribution is 2.40. The molecule has 1 saturated carbocycles. The van der Waals surface area contributed by atoms with Gasteiger partial charge in [0.05, 0.1) is 16.9 Å². The summed E-state index contributed by atoms with van der Waals surface area (Å²) < 4.78 is 2.01. The molecule has 2 bridgehead atoms. The number of nitrogens with zero attached hydrogens (tertiary/aromatic N) is 8. The van der Waals surface area contributed by atoms with Crippen molar-refractivity contribution in [3.05, 3.63) is 71.8 Å². The number of aromatic amines is 1. The number of hydrogen-bond acceptors (Lipinski definition) is 8. The van der Waals surface area contributed by atoms with E-state index in [2.05, 4.69) is 61.6 Å². The lowest BCUT2D eigenvalue weighted by Gasteiger charge is -2.56. The molecule has 202 valence electrons. The Hall–Kier alpha value is -4.31. The van der Waals surface area contributed by atoms with E-state index in [1.165, 1.54) is 30.7 Å². The number of hydrogen-bond donors (Lipinski definition) is 2. The lowest BCUT2D eigenvalue weighted by Crippen LogP contribution is -2.68. The van der Waals surface area contributed by atoms with Gasteiger partial charge in [0, 0.05) is 73.6 Å². The summed E-state index contributed by atoms with van der Waals surface area (Å²) >= 11 is 0. The van der Waals surface area contributed by atoms with E-state index in [9.17, 15) is 0 Å². The second-order valence-electron chi connectivity index (χ2n) is 11.4. The summed E-state index contributed by atoms with van der Waals surface area (Å²) in [6.45, 7) is 5.00. The summed E-state index contributed by atoms with van der Waals surface area (Å²) in [5, 5.41) is 16.5. The highest BCUT2D eigenvalue weighted by atomic mass is 15.4. The molecule has 0 spiro atoms. The van der Waals surface area contributed by atoms with Crippen molar-refractivity contribution in [1.29, 1.82) is 0 Å². The van der Waals surface area contributed by atoms with Crippen LogP contribution in [0.15, 0.2) is 54.7 Å². The van der Waals surface area contributed by atoms with Crippen LogP contribution >= 0.6 is 0 Å². The van der Waals surface area contributed by atoms with Crippen LogP contribution < -0.4 is 10.2 Å². The molecule has 3 saturated heterocycles. The molecule has 1 aliphatic carbocycles. The van der Waals surface area contributed by atoms with Crippen molar-refractivity contribution in [2.75, 3.05) is 23.3 Å². The van der Waals surface area contributed by atoms with Gasteiger partial charge in [-0.15, -0.1) is 0 Å². The molecule has 2 N–H and O–H groups in total. The molecule has 40 heavy (non-hydrogen) atoms. The fraction of sp³-hybridized carbons (Fsp3) is 0.367. The van der Waals surface area contributed by atoms with Gasteiger partial charge in [-0.25, -0.2) is 15.0 Å². The van der Waals surface area contributed by atoms with Gasteiger partial charge in [0.2, 0.25) is 0 Å². The van der Waals surface area contributed by atoms with Crippen molar-refractivity contribution in [3.8, 4) is 11.4 Å². The molecule has 1 aromatic carbocycles. The van der Waals surface area contributed by atoms with Gasteiger partial charge in [0.25, 0.3) is 0 Å². The van der Waals surface area contributed by atoms with Crippen LogP contribution in [-0.2, 0) is 13.6 Å². The van der Waals surface area contributed by atoms with Crippen LogP contribution in [0.5, 0.6) is 0 Å². The summed E-state index contributed by atoms with van der Waals surface area (Å²) in [6, 6.07) is 17.7. The van der Waals surface area contributed by atoms with Gasteiger partial charge in [0.15, 0.2) is 11.6 Å². The van der Waals surface area contributed by atoms with Gasteiger partial charge in [-0.2, -0.15) is 10.2 Å². The molecule has 3 aliphatic heterocycles. The Morgan fingerprint density at radius 1 is 1.02 bits per heavy atom. The standard InChI is InChI=1S/C30H32N10/c1-18-11-21(38(2)37-18)17-40-22-12-23(40)16-39(15-22)28-10-9-20(14-31-28)29-32-25-6-4-3-5-24(25)30(34-29)33-27-13-26(35-36-27)19-7-8-19/h3-6,9-11,13-14,19,22-23H,7-8,12,15-17H2,1-2H3,(H2,32,33,34,35,36). The first-order valence-corrected chi connectivity index (χ1v) is 14.1. The van der Waals surface area contributed by atoms with Gasteiger partial charge in [0.1, 0.15) is 11.6 Å². The zero-order chi connectivity index (χ0) is 26.8. The Morgan fingerprint density at radius 2 is 1.88 bits per heavy atom. The van der Waals surface area contributed by atoms with E-state index in [0.717, 1.165) is 59.2 Å². The first kappa shape index (κ1) is 23.6. The third-order valence-electron chi connectivity index (χ3n) is 8.58. The minimum absolute atomic E-state index is 0.551. The zero-order valence-electron chi connectivity index (χ0n) is 22.7. The maximum atomic E-state index is 4.91. The number of aryl methyl sites for hydroxylation is 2. The number of rotatable bonds is 7. The number of pyridine rings is 1. The van der Waals surface area contributed by atoms with E-state index in [4.69, 9.17) is 15.0 Å². The molecule has 7 heterocycles. The lowest BCUT2D eigenvalue weighted by atomic mass is 9.87. The summed E-state index contributed by atoms with van der Waals surface area (Å²) in [5.41, 5.74) is 5.33. The second-order valence-corrected chi connectivity index (χ2v) is 11.4. The SMILES string of the molecule is Cc1cc(CN2C3CC2CN(c2ccc(-c4nc(Nc5cc(C6CC6)[nH]n5)c5ccccc5n4)cn2)C3)n(C)n1. The van der Waals surface area contributed by atoms with E-state index in [-0.39, 0.29) is 0 Å². The first-order valence-electron chi connectivity index (χ1n) is 14.1. The Labute approximate surface area is 232 Å². The molecule has 0 radical (unpaired) electrons. The number of anilines is 3. The highest BCUT2D eigenvalue weighted by molar-refractivity contribution is 5.92.